The summed E-state index contributed by atoms with van der Waals surface area (Å²) in [6.45, 7) is 2.92. The first kappa shape index (κ1) is 11.2. The number of aromatic nitrogens is 3. The fourth-order valence-corrected chi connectivity index (χ4v) is 2.84. The van der Waals surface area contributed by atoms with Crippen LogP contribution in [0, 0.1) is 10.7 Å². The van der Waals surface area contributed by atoms with E-state index in [9.17, 15) is 0 Å². The Kier molecular flexibility index (Phi) is 2.92. The Bertz CT molecular complexity index is 451. The van der Waals surface area contributed by atoms with Crippen molar-refractivity contribution in [2.45, 2.75) is 25.3 Å². The number of aromatic amines is 1. The van der Waals surface area contributed by atoms with Crippen molar-refractivity contribution >= 4 is 18.2 Å². The van der Waals surface area contributed by atoms with Gasteiger partial charge in [0.15, 0.2) is 4.77 Å². The van der Waals surface area contributed by atoms with E-state index in [1.165, 1.54) is 19.3 Å². The maximum Gasteiger partial charge on any atom is 0.225 e. The molecule has 1 aromatic heterocycles. The fourth-order valence-electron chi connectivity index (χ4n) is 2.57. The number of nitrogens with one attached hydrogen (secondary N) is 1. The van der Waals surface area contributed by atoms with Crippen molar-refractivity contribution in [2.75, 3.05) is 31.7 Å². The molecule has 0 spiro atoms. The second-order valence-electron chi connectivity index (χ2n) is 4.99. The summed E-state index contributed by atoms with van der Waals surface area (Å²) in [6.07, 6.45) is 3.64. The normalized spacial score (nSPS) is 24.5. The highest BCUT2D eigenvalue weighted by atomic mass is 32.1. The van der Waals surface area contributed by atoms with Crippen molar-refractivity contribution in [2.24, 2.45) is 5.92 Å². The van der Waals surface area contributed by atoms with Crippen molar-refractivity contribution in [1.29, 1.82) is 0 Å². The van der Waals surface area contributed by atoms with Gasteiger partial charge in [-0.1, -0.05) is 0 Å². The smallest absolute Gasteiger partial charge is 0.225 e. The van der Waals surface area contributed by atoms with E-state index in [0.717, 1.165) is 30.4 Å². The molecular formula is C11H18N4OS. The Morgan fingerprint density at radius 3 is 3.00 bits per heavy atom. The Hall–Kier alpha value is -0.880. The second kappa shape index (κ2) is 4.42. The van der Waals surface area contributed by atoms with Crippen molar-refractivity contribution in [3.8, 4) is 0 Å². The number of hydrogen-bond donors (Lipinski definition) is 1. The predicted molar refractivity (Wildman–Crippen MR) is 67.9 cm³/mol. The molecule has 0 aromatic carbocycles. The molecule has 2 aliphatic rings. The number of H-pyrrole nitrogens is 1. The summed E-state index contributed by atoms with van der Waals surface area (Å²) in [7, 11) is 1.77. The molecule has 1 N–H and O–H groups in total. The molecule has 1 unspecified atom stereocenters. The van der Waals surface area contributed by atoms with Crippen LogP contribution in [0.2, 0.25) is 0 Å². The zero-order valence-electron chi connectivity index (χ0n) is 10.1. The van der Waals surface area contributed by atoms with Crippen molar-refractivity contribution in [3.05, 3.63) is 4.77 Å². The Labute approximate surface area is 106 Å². The van der Waals surface area contributed by atoms with E-state index in [0.29, 0.717) is 12.0 Å². The minimum atomic E-state index is 0.581. The maximum absolute atomic E-state index is 5.30. The lowest BCUT2D eigenvalue weighted by Gasteiger charge is -2.18. The molecule has 94 valence electrons. The van der Waals surface area contributed by atoms with E-state index < -0.39 is 0 Å². The van der Waals surface area contributed by atoms with Gasteiger partial charge in [0, 0.05) is 32.2 Å². The topological polar surface area (TPSA) is 46.1 Å². The number of methoxy groups -OCH3 is 1. The van der Waals surface area contributed by atoms with Gasteiger partial charge in [0.1, 0.15) is 0 Å². The number of anilines is 1. The lowest BCUT2D eigenvalue weighted by Crippen LogP contribution is -2.24. The van der Waals surface area contributed by atoms with Gasteiger partial charge in [-0.25, -0.2) is 5.10 Å². The summed E-state index contributed by atoms with van der Waals surface area (Å²) in [6, 6.07) is 0.581. The summed E-state index contributed by atoms with van der Waals surface area (Å²) >= 11 is 5.30. The van der Waals surface area contributed by atoms with Crippen LogP contribution in [0.5, 0.6) is 0 Å². The summed E-state index contributed by atoms with van der Waals surface area (Å²) in [5.41, 5.74) is 0. The van der Waals surface area contributed by atoms with E-state index in [2.05, 4.69) is 19.7 Å². The van der Waals surface area contributed by atoms with Gasteiger partial charge in [-0.3, -0.25) is 4.57 Å². The van der Waals surface area contributed by atoms with Gasteiger partial charge in [-0.15, -0.1) is 5.10 Å². The number of rotatable bonds is 4. The average Bonchev–Trinajstić information content (AvgIpc) is 2.92. The third-order valence-electron chi connectivity index (χ3n) is 3.57. The molecule has 1 aromatic rings. The quantitative estimate of drug-likeness (QED) is 0.832. The molecular weight excluding hydrogens is 236 g/mol. The molecule has 2 fully saturated rings. The van der Waals surface area contributed by atoms with Crippen LogP contribution < -0.4 is 4.90 Å². The third-order valence-corrected chi connectivity index (χ3v) is 3.86. The fraction of sp³-hybridized carbons (Fsp3) is 0.818. The average molecular weight is 254 g/mol. The van der Waals surface area contributed by atoms with Crippen molar-refractivity contribution < 1.29 is 4.74 Å². The van der Waals surface area contributed by atoms with Crippen LogP contribution in [0.4, 0.5) is 5.95 Å². The lowest BCUT2D eigenvalue weighted by molar-refractivity contribution is 0.160. The van der Waals surface area contributed by atoms with Crippen LogP contribution >= 0.6 is 12.2 Å². The number of nitrogens with zero attached hydrogens (tertiary/aromatic N) is 3. The van der Waals surface area contributed by atoms with E-state index in [-0.39, 0.29) is 0 Å². The molecule has 1 aliphatic heterocycles. The standard InChI is InChI=1S/C11H18N4OS/c1-16-7-8-4-5-14(6-8)10-12-13-11(17)15(10)9-2-3-9/h8-9H,2-7H2,1H3,(H,13,17). The highest BCUT2D eigenvalue weighted by Crippen LogP contribution is 2.38. The SMILES string of the molecule is COCC1CCN(c2n[nH]c(=S)n2C2CC2)C1. The van der Waals surface area contributed by atoms with Crippen molar-refractivity contribution in [3.63, 3.8) is 0 Å². The Balaban J connectivity index is 1.78. The summed E-state index contributed by atoms with van der Waals surface area (Å²) in [5, 5.41) is 7.31. The van der Waals surface area contributed by atoms with Gasteiger partial charge in [0.05, 0.1) is 6.61 Å². The van der Waals surface area contributed by atoms with Crippen LogP contribution in [0.15, 0.2) is 0 Å². The maximum atomic E-state index is 5.30. The third kappa shape index (κ3) is 2.11. The Morgan fingerprint density at radius 2 is 2.29 bits per heavy atom. The van der Waals surface area contributed by atoms with E-state index in [1.54, 1.807) is 7.11 Å². The molecule has 3 rings (SSSR count). The summed E-state index contributed by atoms with van der Waals surface area (Å²) < 4.78 is 8.17. The van der Waals surface area contributed by atoms with Crippen molar-refractivity contribution in [1.82, 2.24) is 14.8 Å². The molecule has 1 atom stereocenters. The van der Waals surface area contributed by atoms with E-state index >= 15 is 0 Å². The number of hydrogen-bond acceptors (Lipinski definition) is 4. The molecule has 5 nitrogen and oxygen atoms in total. The highest BCUT2D eigenvalue weighted by molar-refractivity contribution is 7.71. The minimum absolute atomic E-state index is 0.581. The largest absolute Gasteiger partial charge is 0.384 e. The van der Waals surface area contributed by atoms with E-state index in [4.69, 9.17) is 17.0 Å². The van der Waals surface area contributed by atoms with Gasteiger partial charge in [0.25, 0.3) is 0 Å². The predicted octanol–water partition coefficient (Wildman–Crippen LogP) is 1.75. The molecule has 2 heterocycles. The number of ether oxygens (including phenoxy) is 1. The summed E-state index contributed by atoms with van der Waals surface area (Å²) in [5.74, 6) is 1.65. The van der Waals surface area contributed by atoms with Crippen LogP contribution in [0.25, 0.3) is 0 Å². The first-order valence-corrected chi connectivity index (χ1v) is 6.61. The molecule has 1 saturated carbocycles. The molecule has 0 amide bonds. The zero-order chi connectivity index (χ0) is 11.8. The van der Waals surface area contributed by atoms with Gasteiger partial charge in [-0.05, 0) is 31.5 Å². The molecule has 1 saturated heterocycles. The van der Waals surface area contributed by atoms with Crippen LogP contribution in [0.1, 0.15) is 25.3 Å². The molecule has 0 bridgehead atoms. The van der Waals surface area contributed by atoms with Gasteiger partial charge in [0.2, 0.25) is 5.95 Å². The first-order valence-electron chi connectivity index (χ1n) is 6.20. The van der Waals surface area contributed by atoms with Crippen LogP contribution in [-0.4, -0.2) is 41.6 Å². The van der Waals surface area contributed by atoms with Gasteiger partial charge >= 0.3 is 0 Å². The zero-order valence-corrected chi connectivity index (χ0v) is 10.9. The molecule has 17 heavy (non-hydrogen) atoms. The molecule has 0 radical (unpaired) electrons. The highest BCUT2D eigenvalue weighted by Gasteiger charge is 2.32. The van der Waals surface area contributed by atoms with Crippen LogP contribution in [-0.2, 0) is 4.74 Å². The molecule has 6 heteroatoms. The van der Waals surface area contributed by atoms with E-state index in [1.807, 2.05) is 0 Å². The first-order chi connectivity index (χ1) is 8.29. The summed E-state index contributed by atoms with van der Waals surface area (Å²) in [4.78, 5) is 2.33. The van der Waals surface area contributed by atoms with Gasteiger partial charge in [-0.2, -0.15) is 0 Å². The second-order valence-corrected chi connectivity index (χ2v) is 5.37. The minimum Gasteiger partial charge on any atom is -0.384 e. The van der Waals surface area contributed by atoms with Gasteiger partial charge < -0.3 is 9.64 Å². The lowest BCUT2D eigenvalue weighted by atomic mass is 10.1. The monoisotopic (exact) mass is 254 g/mol. The van der Waals surface area contributed by atoms with Crippen LogP contribution in [0.3, 0.4) is 0 Å². The molecule has 1 aliphatic carbocycles. The Morgan fingerprint density at radius 1 is 1.47 bits per heavy atom.